The molecule has 2 N–H and O–H groups in total. The fourth-order valence-electron chi connectivity index (χ4n) is 4.74. The number of H-pyrrole nitrogens is 1. The molecule has 0 aromatic carbocycles. The lowest BCUT2D eigenvalue weighted by atomic mass is 9.81. The number of ether oxygens (including phenoxy) is 1. The van der Waals surface area contributed by atoms with Crippen LogP contribution in [-0.2, 0) is 9.53 Å². The number of carboxylic acid groups (broad SMARTS) is 1. The highest BCUT2D eigenvalue weighted by Crippen LogP contribution is 2.44. The number of carboxylic acids is 1. The van der Waals surface area contributed by atoms with E-state index in [4.69, 9.17) is 4.74 Å². The molecule has 4 rings (SSSR count). The third-order valence-electron chi connectivity index (χ3n) is 6.24. The molecule has 3 fully saturated rings. The van der Waals surface area contributed by atoms with E-state index in [9.17, 15) is 14.7 Å². The standard InChI is InChI=1S/C18H25N3O4/c1-12-15(2-5-19-12)16(22)21-9-13-8-20(14-3-6-25-7-4-14)10-18(13,11-21)17(23)24/h2,5,13-14,19H,3-4,6-11H2,1H3,(H,23,24)/t13-,18-/m1/s1. The second kappa shape index (κ2) is 6.14. The number of rotatable bonds is 3. The topological polar surface area (TPSA) is 85.9 Å². The number of fused-ring (bicyclic) bond motifs is 1. The number of carbonyl (C=O) groups is 2. The summed E-state index contributed by atoms with van der Waals surface area (Å²) in [4.78, 5) is 32.0. The maximum absolute atomic E-state index is 12.8. The van der Waals surface area contributed by atoms with E-state index in [1.165, 1.54) is 0 Å². The Hall–Kier alpha value is -1.86. The van der Waals surface area contributed by atoms with E-state index < -0.39 is 11.4 Å². The van der Waals surface area contributed by atoms with Crippen LogP contribution >= 0.6 is 0 Å². The molecule has 1 aromatic heterocycles. The summed E-state index contributed by atoms with van der Waals surface area (Å²) in [6, 6.07) is 2.18. The van der Waals surface area contributed by atoms with Gasteiger partial charge in [-0.1, -0.05) is 0 Å². The van der Waals surface area contributed by atoms with Crippen LogP contribution in [0.3, 0.4) is 0 Å². The fraction of sp³-hybridized carbons (Fsp3) is 0.667. The SMILES string of the molecule is Cc1[nH]ccc1C(=O)N1C[C@H]2CN(C3CCOCC3)C[C@@]2(C(=O)O)C1. The van der Waals surface area contributed by atoms with Crippen LogP contribution in [0.4, 0.5) is 0 Å². The van der Waals surface area contributed by atoms with Crippen LogP contribution in [0.2, 0.25) is 0 Å². The average molecular weight is 347 g/mol. The summed E-state index contributed by atoms with van der Waals surface area (Å²) in [6.45, 7) is 5.49. The van der Waals surface area contributed by atoms with E-state index in [-0.39, 0.29) is 11.8 Å². The van der Waals surface area contributed by atoms with E-state index in [2.05, 4.69) is 9.88 Å². The van der Waals surface area contributed by atoms with Gasteiger partial charge in [0.2, 0.25) is 0 Å². The lowest BCUT2D eigenvalue weighted by Crippen LogP contribution is -2.45. The molecule has 7 nitrogen and oxygen atoms in total. The Kier molecular flexibility index (Phi) is 4.08. The number of hydrogen-bond donors (Lipinski definition) is 2. The van der Waals surface area contributed by atoms with Gasteiger partial charge < -0.3 is 19.7 Å². The number of hydrogen-bond acceptors (Lipinski definition) is 4. The highest BCUT2D eigenvalue weighted by Gasteiger charge is 2.59. The molecule has 1 amide bonds. The van der Waals surface area contributed by atoms with E-state index in [0.717, 1.165) is 38.3 Å². The molecule has 1 aromatic rings. The second-order valence-corrected chi connectivity index (χ2v) is 7.63. The van der Waals surface area contributed by atoms with E-state index in [0.29, 0.717) is 31.2 Å². The Morgan fingerprint density at radius 2 is 2.04 bits per heavy atom. The summed E-state index contributed by atoms with van der Waals surface area (Å²) in [5, 5.41) is 9.98. The smallest absolute Gasteiger partial charge is 0.313 e. The molecule has 0 unspecified atom stereocenters. The molecule has 3 saturated heterocycles. The van der Waals surface area contributed by atoms with Gasteiger partial charge in [0.25, 0.3) is 5.91 Å². The maximum Gasteiger partial charge on any atom is 0.313 e. The van der Waals surface area contributed by atoms with Crippen LogP contribution in [-0.4, -0.2) is 77.2 Å². The van der Waals surface area contributed by atoms with Gasteiger partial charge in [0.15, 0.2) is 0 Å². The molecular formula is C18H25N3O4. The number of aliphatic carboxylic acids is 1. The molecular weight excluding hydrogens is 322 g/mol. The first kappa shape index (κ1) is 16.6. The first-order chi connectivity index (χ1) is 12.0. The van der Waals surface area contributed by atoms with Gasteiger partial charge in [-0.15, -0.1) is 0 Å². The fourth-order valence-corrected chi connectivity index (χ4v) is 4.74. The molecule has 3 aliphatic rings. The van der Waals surface area contributed by atoms with Crippen molar-refractivity contribution in [3.8, 4) is 0 Å². The quantitative estimate of drug-likeness (QED) is 0.851. The number of carbonyl (C=O) groups excluding carboxylic acids is 1. The molecule has 7 heteroatoms. The van der Waals surface area contributed by atoms with Gasteiger partial charge in [-0.3, -0.25) is 14.5 Å². The number of amides is 1. The van der Waals surface area contributed by atoms with Gasteiger partial charge in [-0.25, -0.2) is 0 Å². The molecule has 25 heavy (non-hydrogen) atoms. The van der Waals surface area contributed by atoms with Crippen molar-refractivity contribution in [1.82, 2.24) is 14.8 Å². The first-order valence-corrected chi connectivity index (χ1v) is 9.00. The molecule has 0 bridgehead atoms. The predicted octanol–water partition coefficient (Wildman–Crippen LogP) is 0.961. The normalized spacial score (nSPS) is 30.6. The minimum Gasteiger partial charge on any atom is -0.481 e. The summed E-state index contributed by atoms with van der Waals surface area (Å²) >= 11 is 0. The van der Waals surface area contributed by atoms with Crippen LogP contribution in [0.15, 0.2) is 12.3 Å². The number of aryl methyl sites for hydroxylation is 1. The molecule has 0 saturated carbocycles. The van der Waals surface area contributed by atoms with Crippen LogP contribution in [0, 0.1) is 18.3 Å². The minimum absolute atomic E-state index is 0.00366. The number of nitrogens with one attached hydrogen (secondary N) is 1. The Bertz CT molecular complexity index is 682. The summed E-state index contributed by atoms with van der Waals surface area (Å²) < 4.78 is 5.43. The van der Waals surface area contributed by atoms with Crippen LogP contribution < -0.4 is 0 Å². The van der Waals surface area contributed by atoms with Crippen molar-refractivity contribution in [3.63, 3.8) is 0 Å². The monoisotopic (exact) mass is 347 g/mol. The average Bonchev–Trinajstić information content (AvgIpc) is 3.27. The summed E-state index contributed by atoms with van der Waals surface area (Å²) in [6.07, 6.45) is 3.68. The first-order valence-electron chi connectivity index (χ1n) is 9.00. The lowest BCUT2D eigenvalue weighted by Gasteiger charge is -2.33. The largest absolute Gasteiger partial charge is 0.481 e. The van der Waals surface area contributed by atoms with Crippen LogP contribution in [0.1, 0.15) is 28.9 Å². The highest BCUT2D eigenvalue weighted by molar-refractivity contribution is 5.96. The molecule has 4 heterocycles. The van der Waals surface area contributed by atoms with Crippen molar-refractivity contribution in [3.05, 3.63) is 23.5 Å². The molecule has 136 valence electrons. The molecule has 0 radical (unpaired) electrons. The Labute approximate surface area is 146 Å². The number of nitrogens with zero attached hydrogens (tertiary/aromatic N) is 2. The van der Waals surface area contributed by atoms with Gasteiger partial charge in [-0.2, -0.15) is 0 Å². The van der Waals surface area contributed by atoms with Crippen LogP contribution in [0.5, 0.6) is 0 Å². The maximum atomic E-state index is 12.8. The highest BCUT2D eigenvalue weighted by atomic mass is 16.5. The second-order valence-electron chi connectivity index (χ2n) is 7.63. The number of aromatic amines is 1. The summed E-state index contributed by atoms with van der Waals surface area (Å²) in [5.74, 6) is -0.837. The van der Waals surface area contributed by atoms with Gasteiger partial charge >= 0.3 is 5.97 Å². The summed E-state index contributed by atoms with van der Waals surface area (Å²) in [5.41, 5.74) is 0.634. The lowest BCUT2D eigenvalue weighted by molar-refractivity contribution is -0.148. The molecule has 0 aliphatic carbocycles. The molecule has 0 spiro atoms. The van der Waals surface area contributed by atoms with Crippen molar-refractivity contribution >= 4 is 11.9 Å². The van der Waals surface area contributed by atoms with Crippen molar-refractivity contribution in [1.29, 1.82) is 0 Å². The van der Waals surface area contributed by atoms with Gasteiger partial charge in [0.05, 0.1) is 5.56 Å². The molecule has 3 aliphatic heterocycles. The Morgan fingerprint density at radius 1 is 1.28 bits per heavy atom. The summed E-state index contributed by atoms with van der Waals surface area (Å²) in [7, 11) is 0. The minimum atomic E-state index is -0.835. The van der Waals surface area contributed by atoms with Gasteiger partial charge in [0, 0.05) is 63.2 Å². The van der Waals surface area contributed by atoms with Gasteiger partial charge in [0.1, 0.15) is 5.41 Å². The third-order valence-corrected chi connectivity index (χ3v) is 6.24. The number of aromatic nitrogens is 1. The van der Waals surface area contributed by atoms with E-state index in [1.54, 1.807) is 17.2 Å². The van der Waals surface area contributed by atoms with Crippen molar-refractivity contribution in [2.45, 2.75) is 25.8 Å². The van der Waals surface area contributed by atoms with Crippen molar-refractivity contribution in [2.24, 2.45) is 11.3 Å². The zero-order valence-corrected chi connectivity index (χ0v) is 14.5. The van der Waals surface area contributed by atoms with E-state index in [1.807, 2.05) is 6.92 Å². The zero-order valence-electron chi connectivity index (χ0n) is 14.5. The van der Waals surface area contributed by atoms with Crippen molar-refractivity contribution in [2.75, 3.05) is 39.4 Å². The zero-order chi connectivity index (χ0) is 17.6. The molecule has 2 atom stereocenters. The van der Waals surface area contributed by atoms with Crippen LogP contribution in [0.25, 0.3) is 0 Å². The van der Waals surface area contributed by atoms with Gasteiger partial charge in [-0.05, 0) is 25.8 Å². The van der Waals surface area contributed by atoms with E-state index >= 15 is 0 Å². The Morgan fingerprint density at radius 3 is 2.64 bits per heavy atom. The Balaban J connectivity index is 1.52. The number of likely N-dealkylation sites (tertiary alicyclic amines) is 2. The van der Waals surface area contributed by atoms with Crippen molar-refractivity contribution < 1.29 is 19.4 Å². The predicted molar refractivity (Wildman–Crippen MR) is 90.4 cm³/mol. The third kappa shape index (κ3) is 2.66.